The molecule has 7 heteroatoms. The van der Waals surface area contributed by atoms with Gasteiger partial charge in [-0.05, 0) is 55.3 Å². The van der Waals surface area contributed by atoms with Gasteiger partial charge in [-0.25, -0.2) is 9.97 Å². The van der Waals surface area contributed by atoms with Crippen LogP contribution in [0, 0.1) is 13.8 Å². The molecular weight excluding hydrogens is 373 g/mol. The van der Waals surface area contributed by atoms with Gasteiger partial charge in [-0.2, -0.15) is 0 Å². The molecule has 0 aliphatic carbocycles. The summed E-state index contributed by atoms with van der Waals surface area (Å²) in [5, 5.41) is 3.10. The molecular formula is C19H15Cl2N3O2. The second-order valence-corrected chi connectivity index (χ2v) is 6.37. The Kier molecular flexibility index (Phi) is 5.40. The predicted octanol–water partition coefficient (Wildman–Crippen LogP) is 5.44. The first-order valence-corrected chi connectivity index (χ1v) is 8.54. The van der Waals surface area contributed by atoms with E-state index in [1.165, 1.54) is 12.1 Å². The van der Waals surface area contributed by atoms with Gasteiger partial charge >= 0.3 is 0 Å². The number of nitrogens with zero attached hydrogens (tertiary/aromatic N) is 2. The van der Waals surface area contributed by atoms with Crippen LogP contribution < -0.4 is 10.1 Å². The molecule has 0 atom stereocenters. The number of aryl methyl sites for hydroxylation is 1. The summed E-state index contributed by atoms with van der Waals surface area (Å²) in [7, 11) is 0. The topological polar surface area (TPSA) is 64.1 Å². The molecule has 1 aromatic carbocycles. The van der Waals surface area contributed by atoms with Crippen LogP contribution in [0.2, 0.25) is 10.2 Å². The van der Waals surface area contributed by atoms with Crippen molar-refractivity contribution in [3.63, 3.8) is 0 Å². The highest BCUT2D eigenvalue weighted by Gasteiger charge is 2.16. The molecule has 3 rings (SSSR count). The van der Waals surface area contributed by atoms with Crippen LogP contribution >= 0.6 is 23.2 Å². The van der Waals surface area contributed by atoms with E-state index in [4.69, 9.17) is 27.9 Å². The molecule has 0 fully saturated rings. The van der Waals surface area contributed by atoms with Gasteiger partial charge in [-0.1, -0.05) is 35.3 Å². The molecule has 0 bridgehead atoms. The van der Waals surface area contributed by atoms with E-state index in [-0.39, 0.29) is 21.7 Å². The van der Waals surface area contributed by atoms with Gasteiger partial charge in [-0.3, -0.25) is 4.79 Å². The van der Waals surface area contributed by atoms with Crippen LogP contribution in [0.1, 0.15) is 21.6 Å². The van der Waals surface area contributed by atoms with Crippen molar-refractivity contribution in [2.45, 2.75) is 13.8 Å². The third-order valence-corrected chi connectivity index (χ3v) is 4.32. The van der Waals surface area contributed by atoms with Crippen molar-refractivity contribution < 1.29 is 9.53 Å². The molecule has 2 heterocycles. The van der Waals surface area contributed by atoms with E-state index >= 15 is 0 Å². The van der Waals surface area contributed by atoms with Crippen LogP contribution in [-0.4, -0.2) is 15.9 Å². The molecule has 26 heavy (non-hydrogen) atoms. The molecule has 132 valence electrons. The second kappa shape index (κ2) is 7.72. The summed E-state index contributed by atoms with van der Waals surface area (Å²) in [5.41, 5.74) is 2.52. The zero-order valence-electron chi connectivity index (χ0n) is 14.1. The third-order valence-electron chi connectivity index (χ3n) is 3.81. The van der Waals surface area contributed by atoms with Crippen molar-refractivity contribution in [2.24, 2.45) is 0 Å². The number of ether oxygens (including phenoxy) is 1. The first-order valence-electron chi connectivity index (χ1n) is 7.78. The number of carbonyl (C=O) groups is 1. The maximum atomic E-state index is 12.5. The molecule has 1 amide bonds. The van der Waals surface area contributed by atoms with Gasteiger partial charge in [0.15, 0.2) is 0 Å². The molecule has 0 radical (unpaired) electrons. The highest BCUT2D eigenvalue weighted by Crippen LogP contribution is 2.30. The summed E-state index contributed by atoms with van der Waals surface area (Å²) >= 11 is 11.9. The Morgan fingerprint density at radius 2 is 1.88 bits per heavy atom. The van der Waals surface area contributed by atoms with Crippen LogP contribution in [0.5, 0.6) is 11.6 Å². The Balaban J connectivity index is 1.89. The Labute approximate surface area is 161 Å². The Hall–Kier alpha value is -2.63. The third kappa shape index (κ3) is 3.95. The van der Waals surface area contributed by atoms with Gasteiger partial charge in [-0.15, -0.1) is 0 Å². The van der Waals surface area contributed by atoms with Crippen molar-refractivity contribution >= 4 is 34.8 Å². The minimum atomic E-state index is -0.503. The zero-order valence-corrected chi connectivity index (χ0v) is 15.6. The number of pyridine rings is 2. The summed E-state index contributed by atoms with van der Waals surface area (Å²) in [6.07, 6.45) is 1.58. The van der Waals surface area contributed by atoms with Crippen molar-refractivity contribution in [2.75, 3.05) is 5.32 Å². The number of nitrogens with one attached hydrogen (secondary N) is 1. The number of benzene rings is 1. The maximum Gasteiger partial charge on any atom is 0.276 e. The lowest BCUT2D eigenvalue weighted by Gasteiger charge is -2.13. The molecule has 0 saturated carbocycles. The largest absolute Gasteiger partial charge is 0.437 e. The smallest absolute Gasteiger partial charge is 0.276 e. The quantitative estimate of drug-likeness (QED) is 0.604. The van der Waals surface area contributed by atoms with Crippen LogP contribution in [0.25, 0.3) is 0 Å². The van der Waals surface area contributed by atoms with E-state index < -0.39 is 5.91 Å². The fourth-order valence-corrected chi connectivity index (χ4v) is 2.60. The van der Waals surface area contributed by atoms with Crippen LogP contribution in [0.15, 0.2) is 48.7 Å². The van der Waals surface area contributed by atoms with E-state index in [1.807, 2.05) is 32.0 Å². The Morgan fingerprint density at radius 1 is 1.08 bits per heavy atom. The van der Waals surface area contributed by atoms with E-state index in [0.29, 0.717) is 11.4 Å². The normalized spacial score (nSPS) is 10.5. The van der Waals surface area contributed by atoms with Gasteiger partial charge in [0.1, 0.15) is 22.3 Å². The number of carbonyl (C=O) groups excluding carboxylic acids is 1. The SMILES string of the molecule is Cc1cccc(Oc2ncccc2NC(=O)c2nc(Cl)ccc2Cl)c1C. The van der Waals surface area contributed by atoms with E-state index in [0.717, 1.165) is 11.1 Å². The predicted molar refractivity (Wildman–Crippen MR) is 102 cm³/mol. The molecule has 5 nitrogen and oxygen atoms in total. The number of aromatic nitrogens is 2. The van der Waals surface area contributed by atoms with Gasteiger partial charge in [0.25, 0.3) is 5.91 Å². The summed E-state index contributed by atoms with van der Waals surface area (Å²) in [6, 6.07) is 12.1. The van der Waals surface area contributed by atoms with Gasteiger partial charge in [0, 0.05) is 6.20 Å². The fourth-order valence-electron chi connectivity index (χ4n) is 2.27. The van der Waals surface area contributed by atoms with E-state index in [1.54, 1.807) is 18.3 Å². The number of halogens is 2. The summed E-state index contributed by atoms with van der Waals surface area (Å²) in [4.78, 5) is 20.7. The average molecular weight is 388 g/mol. The number of hydrogen-bond acceptors (Lipinski definition) is 4. The highest BCUT2D eigenvalue weighted by atomic mass is 35.5. The van der Waals surface area contributed by atoms with Crippen LogP contribution in [0.4, 0.5) is 5.69 Å². The maximum absolute atomic E-state index is 12.5. The lowest BCUT2D eigenvalue weighted by molar-refractivity contribution is 0.102. The molecule has 2 aromatic heterocycles. The first-order chi connectivity index (χ1) is 12.5. The molecule has 3 aromatic rings. The second-order valence-electron chi connectivity index (χ2n) is 5.57. The molecule has 0 unspecified atom stereocenters. The highest BCUT2D eigenvalue weighted by molar-refractivity contribution is 6.35. The lowest BCUT2D eigenvalue weighted by atomic mass is 10.1. The monoisotopic (exact) mass is 387 g/mol. The summed E-state index contributed by atoms with van der Waals surface area (Å²) < 4.78 is 5.91. The van der Waals surface area contributed by atoms with E-state index in [9.17, 15) is 4.79 Å². The van der Waals surface area contributed by atoms with E-state index in [2.05, 4.69) is 15.3 Å². The molecule has 0 aliphatic heterocycles. The Morgan fingerprint density at radius 3 is 2.69 bits per heavy atom. The summed E-state index contributed by atoms with van der Waals surface area (Å²) in [6.45, 7) is 3.96. The van der Waals surface area contributed by atoms with Crippen LogP contribution in [0.3, 0.4) is 0 Å². The minimum Gasteiger partial charge on any atom is -0.437 e. The molecule has 0 aliphatic rings. The number of hydrogen-bond donors (Lipinski definition) is 1. The van der Waals surface area contributed by atoms with Crippen molar-refractivity contribution in [3.05, 3.63) is 75.7 Å². The standard InChI is InChI=1S/C19H15Cl2N3O2/c1-11-5-3-7-15(12(11)2)26-19-14(6-4-10-22-19)23-18(25)17-13(20)8-9-16(21)24-17/h3-10H,1-2H3,(H,23,25). The van der Waals surface area contributed by atoms with Gasteiger partial charge < -0.3 is 10.1 Å². The molecule has 0 spiro atoms. The van der Waals surface area contributed by atoms with Crippen molar-refractivity contribution in [3.8, 4) is 11.6 Å². The summed E-state index contributed by atoms with van der Waals surface area (Å²) in [5.74, 6) is 0.433. The number of rotatable bonds is 4. The minimum absolute atomic E-state index is 0.0284. The van der Waals surface area contributed by atoms with Crippen molar-refractivity contribution in [1.82, 2.24) is 9.97 Å². The van der Waals surface area contributed by atoms with Gasteiger partial charge in [0.2, 0.25) is 5.88 Å². The first kappa shape index (κ1) is 18.2. The Bertz CT molecular complexity index is 977. The average Bonchev–Trinajstić information content (AvgIpc) is 2.62. The van der Waals surface area contributed by atoms with Gasteiger partial charge in [0.05, 0.1) is 5.02 Å². The molecule has 0 saturated heterocycles. The van der Waals surface area contributed by atoms with Crippen LogP contribution in [-0.2, 0) is 0 Å². The molecule has 1 N–H and O–H groups in total. The number of amides is 1. The van der Waals surface area contributed by atoms with Crippen molar-refractivity contribution in [1.29, 1.82) is 0 Å². The zero-order chi connectivity index (χ0) is 18.7. The fraction of sp³-hybridized carbons (Fsp3) is 0.105. The lowest BCUT2D eigenvalue weighted by Crippen LogP contribution is -2.15. The number of anilines is 1.